The lowest BCUT2D eigenvalue weighted by molar-refractivity contribution is 0.185. The van der Waals surface area contributed by atoms with Crippen LogP contribution in [0, 0.1) is 11.7 Å². The van der Waals surface area contributed by atoms with E-state index in [2.05, 4.69) is 20.5 Å². The van der Waals surface area contributed by atoms with Crippen LogP contribution in [-0.2, 0) is 6.42 Å². The molecule has 6 heteroatoms. The van der Waals surface area contributed by atoms with E-state index in [9.17, 15) is 5.11 Å². The normalized spacial score (nSPS) is 12.3. The zero-order valence-electron chi connectivity index (χ0n) is 10.1. The number of hydrogen-bond donors (Lipinski definition) is 4. The van der Waals surface area contributed by atoms with Crippen molar-refractivity contribution in [3.63, 3.8) is 0 Å². The molecule has 1 aromatic carbocycles. The van der Waals surface area contributed by atoms with Gasteiger partial charge in [0.05, 0.1) is 6.10 Å². The third-order valence-corrected chi connectivity index (χ3v) is 2.85. The molecule has 0 spiro atoms. The molecule has 1 atom stereocenters. The van der Waals surface area contributed by atoms with Gasteiger partial charge in [0.2, 0.25) is 0 Å². The highest BCUT2D eigenvalue weighted by Crippen LogP contribution is 2.13. The molecule has 0 bridgehead atoms. The van der Waals surface area contributed by atoms with Gasteiger partial charge in [-0.05, 0) is 30.8 Å². The van der Waals surface area contributed by atoms with Crippen LogP contribution in [0.15, 0.2) is 24.3 Å². The van der Waals surface area contributed by atoms with Gasteiger partial charge in [-0.1, -0.05) is 18.2 Å². The molecule has 18 heavy (non-hydrogen) atoms. The molecule has 1 heterocycles. The molecule has 5 nitrogen and oxygen atoms in total. The van der Waals surface area contributed by atoms with E-state index in [0.717, 1.165) is 11.3 Å². The number of aromatic amines is 2. The summed E-state index contributed by atoms with van der Waals surface area (Å²) in [5.74, 6) is 0.666. The molecular formula is C12H16N4OS. The lowest BCUT2D eigenvalue weighted by Gasteiger charge is -2.13. The number of aryl methyl sites for hydroxylation is 1. The lowest BCUT2D eigenvalue weighted by atomic mass is 10.2. The van der Waals surface area contributed by atoms with Crippen LogP contribution in [0.3, 0.4) is 0 Å². The van der Waals surface area contributed by atoms with Gasteiger partial charge in [0, 0.05) is 18.7 Å². The average molecular weight is 264 g/mol. The maximum absolute atomic E-state index is 9.89. The van der Waals surface area contributed by atoms with Crippen molar-refractivity contribution in [3.05, 3.63) is 40.4 Å². The number of anilines is 1. The second-order valence-corrected chi connectivity index (χ2v) is 4.59. The lowest BCUT2D eigenvalue weighted by Crippen LogP contribution is -2.22. The molecule has 0 fully saturated rings. The van der Waals surface area contributed by atoms with E-state index in [0.29, 0.717) is 23.6 Å². The Morgan fingerprint density at radius 3 is 2.89 bits per heavy atom. The summed E-state index contributed by atoms with van der Waals surface area (Å²) in [6, 6.07) is 7.97. The van der Waals surface area contributed by atoms with Crippen molar-refractivity contribution < 1.29 is 5.11 Å². The Bertz CT molecular complexity index is 563. The molecule has 96 valence electrons. The third kappa shape index (κ3) is 3.41. The maximum atomic E-state index is 9.89. The van der Waals surface area contributed by atoms with E-state index in [1.165, 1.54) is 0 Å². The van der Waals surface area contributed by atoms with Gasteiger partial charge in [-0.2, -0.15) is 5.10 Å². The van der Waals surface area contributed by atoms with Crippen LogP contribution in [0.25, 0.3) is 0 Å². The van der Waals surface area contributed by atoms with E-state index in [1.54, 1.807) is 0 Å². The van der Waals surface area contributed by atoms with Gasteiger partial charge < -0.3 is 15.4 Å². The van der Waals surface area contributed by atoms with Crippen LogP contribution >= 0.6 is 12.2 Å². The fourth-order valence-corrected chi connectivity index (χ4v) is 1.86. The van der Waals surface area contributed by atoms with Gasteiger partial charge in [-0.3, -0.25) is 5.10 Å². The minimum atomic E-state index is -0.515. The molecule has 0 saturated carbocycles. The summed E-state index contributed by atoms with van der Waals surface area (Å²) in [6.07, 6.45) is -0.0787. The number of aromatic nitrogens is 3. The van der Waals surface area contributed by atoms with Gasteiger partial charge in [0.25, 0.3) is 0 Å². The molecule has 4 N–H and O–H groups in total. The summed E-state index contributed by atoms with van der Waals surface area (Å²) in [5.41, 5.74) is 2.19. The second-order valence-electron chi connectivity index (χ2n) is 4.18. The second kappa shape index (κ2) is 5.79. The highest BCUT2D eigenvalue weighted by atomic mass is 32.1. The Labute approximate surface area is 110 Å². The van der Waals surface area contributed by atoms with Crippen LogP contribution in [0.2, 0.25) is 0 Å². The summed E-state index contributed by atoms with van der Waals surface area (Å²) in [5, 5.41) is 19.7. The fraction of sp³-hybridized carbons (Fsp3) is 0.333. The standard InChI is InChI=1S/C12H16N4OS/c1-8-4-2-3-5-10(8)13-7-9(17)6-11-14-12(18)16-15-11/h2-5,9,13,17H,6-7H2,1H3,(H2,14,15,16,18). The number of nitrogens with one attached hydrogen (secondary N) is 3. The van der Waals surface area contributed by atoms with Crippen LogP contribution < -0.4 is 5.32 Å². The number of aliphatic hydroxyl groups is 1. The van der Waals surface area contributed by atoms with Gasteiger partial charge in [-0.25, -0.2) is 0 Å². The molecule has 0 amide bonds. The average Bonchev–Trinajstić information content (AvgIpc) is 2.74. The molecular weight excluding hydrogens is 248 g/mol. The van der Waals surface area contributed by atoms with Crippen molar-refractivity contribution in [2.24, 2.45) is 0 Å². The number of H-pyrrole nitrogens is 2. The topological polar surface area (TPSA) is 76.7 Å². The molecule has 1 aromatic heterocycles. The predicted molar refractivity (Wildman–Crippen MR) is 73.2 cm³/mol. The van der Waals surface area contributed by atoms with Crippen molar-refractivity contribution in [2.45, 2.75) is 19.4 Å². The number of hydrogen-bond acceptors (Lipinski definition) is 4. The maximum Gasteiger partial charge on any atom is 0.192 e. The van der Waals surface area contributed by atoms with Gasteiger partial charge >= 0.3 is 0 Å². The Morgan fingerprint density at radius 1 is 1.44 bits per heavy atom. The quantitative estimate of drug-likeness (QED) is 0.621. The molecule has 0 radical (unpaired) electrons. The molecule has 0 aliphatic heterocycles. The Balaban J connectivity index is 1.87. The van der Waals surface area contributed by atoms with Crippen molar-refractivity contribution >= 4 is 17.9 Å². The van der Waals surface area contributed by atoms with E-state index < -0.39 is 6.10 Å². The molecule has 0 aliphatic carbocycles. The first-order valence-electron chi connectivity index (χ1n) is 5.76. The van der Waals surface area contributed by atoms with Crippen molar-refractivity contribution in [1.82, 2.24) is 15.2 Å². The number of para-hydroxylation sites is 1. The first-order valence-corrected chi connectivity index (χ1v) is 6.17. The minimum Gasteiger partial charge on any atom is -0.391 e. The van der Waals surface area contributed by atoms with Crippen LogP contribution in [-0.4, -0.2) is 32.9 Å². The Morgan fingerprint density at radius 2 is 2.22 bits per heavy atom. The summed E-state index contributed by atoms with van der Waals surface area (Å²) < 4.78 is 0.476. The summed E-state index contributed by atoms with van der Waals surface area (Å²) in [6.45, 7) is 2.50. The van der Waals surface area contributed by atoms with Crippen LogP contribution in [0.1, 0.15) is 11.4 Å². The highest BCUT2D eigenvalue weighted by molar-refractivity contribution is 7.71. The number of benzene rings is 1. The smallest absolute Gasteiger partial charge is 0.192 e. The largest absolute Gasteiger partial charge is 0.391 e. The zero-order valence-corrected chi connectivity index (χ0v) is 10.9. The molecule has 2 rings (SSSR count). The van der Waals surface area contributed by atoms with Gasteiger partial charge in [0.15, 0.2) is 4.77 Å². The highest BCUT2D eigenvalue weighted by Gasteiger charge is 2.08. The molecule has 0 saturated heterocycles. The van der Waals surface area contributed by atoms with E-state index in [-0.39, 0.29) is 0 Å². The number of nitrogens with zero attached hydrogens (tertiary/aromatic N) is 1. The van der Waals surface area contributed by atoms with E-state index >= 15 is 0 Å². The number of rotatable bonds is 5. The van der Waals surface area contributed by atoms with Gasteiger partial charge in [0.1, 0.15) is 5.82 Å². The summed E-state index contributed by atoms with van der Waals surface area (Å²) in [7, 11) is 0. The summed E-state index contributed by atoms with van der Waals surface area (Å²) >= 11 is 4.87. The Kier molecular flexibility index (Phi) is 4.11. The Hall–Kier alpha value is -1.66. The van der Waals surface area contributed by atoms with Crippen molar-refractivity contribution in [2.75, 3.05) is 11.9 Å². The monoisotopic (exact) mass is 264 g/mol. The molecule has 0 aliphatic rings. The molecule has 2 aromatic rings. The number of aliphatic hydroxyl groups excluding tert-OH is 1. The fourth-order valence-electron chi connectivity index (χ4n) is 1.70. The van der Waals surface area contributed by atoms with Crippen LogP contribution in [0.4, 0.5) is 5.69 Å². The van der Waals surface area contributed by atoms with Crippen molar-refractivity contribution in [3.8, 4) is 0 Å². The van der Waals surface area contributed by atoms with E-state index in [4.69, 9.17) is 12.2 Å². The predicted octanol–water partition coefficient (Wildman–Crippen LogP) is 1.79. The SMILES string of the molecule is Cc1ccccc1NCC(O)Cc1n[nH]c(=S)[nH]1. The third-order valence-electron chi connectivity index (χ3n) is 2.65. The van der Waals surface area contributed by atoms with E-state index in [1.807, 2.05) is 31.2 Å². The minimum absolute atomic E-state index is 0.437. The molecule has 1 unspecified atom stereocenters. The zero-order chi connectivity index (χ0) is 13.0. The van der Waals surface area contributed by atoms with Crippen molar-refractivity contribution in [1.29, 1.82) is 0 Å². The first kappa shape index (κ1) is 12.8. The van der Waals surface area contributed by atoms with Gasteiger partial charge in [-0.15, -0.1) is 0 Å². The van der Waals surface area contributed by atoms with Crippen LogP contribution in [0.5, 0.6) is 0 Å². The summed E-state index contributed by atoms with van der Waals surface area (Å²) in [4.78, 5) is 2.88. The first-order chi connectivity index (χ1) is 8.65.